The van der Waals surface area contributed by atoms with Gasteiger partial charge in [-0.1, -0.05) is 18.2 Å². The van der Waals surface area contributed by atoms with Crippen molar-refractivity contribution in [2.24, 2.45) is 0 Å². The van der Waals surface area contributed by atoms with Gasteiger partial charge in [-0.15, -0.1) is 0 Å². The van der Waals surface area contributed by atoms with Crippen molar-refractivity contribution in [3.05, 3.63) is 6.07 Å². The lowest BCUT2D eigenvalue weighted by Crippen LogP contribution is -2.20. The molecule has 0 bridgehead atoms. The second-order valence-corrected chi connectivity index (χ2v) is 6.22. The highest BCUT2D eigenvalue weighted by molar-refractivity contribution is 8.00. The Kier molecular flexibility index (Phi) is 4.79. The lowest BCUT2D eigenvalue weighted by molar-refractivity contribution is 0.676. The minimum absolute atomic E-state index is 0.531. The second kappa shape index (κ2) is 6.35. The fourth-order valence-corrected chi connectivity index (χ4v) is 3.44. The first-order chi connectivity index (χ1) is 8.28. The van der Waals surface area contributed by atoms with Gasteiger partial charge in [0.2, 0.25) is 0 Å². The molecule has 2 heterocycles. The molecule has 1 saturated heterocycles. The summed E-state index contributed by atoms with van der Waals surface area (Å²) in [6.07, 6.45) is 5.96. The molecule has 17 heavy (non-hydrogen) atoms. The Morgan fingerprint density at radius 1 is 1.53 bits per heavy atom. The molecule has 0 aliphatic carbocycles. The van der Waals surface area contributed by atoms with E-state index in [1.807, 2.05) is 6.26 Å². The maximum atomic E-state index is 5.73. The topological polar surface area (TPSA) is 63.8 Å². The maximum absolute atomic E-state index is 5.73. The van der Waals surface area contributed by atoms with E-state index >= 15 is 0 Å². The normalized spacial score (nSPS) is 20.2. The molecular weight excluding hydrogens is 252 g/mol. The summed E-state index contributed by atoms with van der Waals surface area (Å²) in [5.74, 6) is 2.66. The van der Waals surface area contributed by atoms with Gasteiger partial charge in [0.05, 0.1) is 0 Å². The van der Waals surface area contributed by atoms with Crippen molar-refractivity contribution in [1.82, 2.24) is 9.97 Å². The smallest absolute Gasteiger partial charge is 0.191 e. The number of nitrogen functional groups attached to an aromatic ring is 1. The molecule has 0 radical (unpaired) electrons. The van der Waals surface area contributed by atoms with Gasteiger partial charge in [0.1, 0.15) is 11.6 Å². The molecule has 1 aromatic rings. The summed E-state index contributed by atoms with van der Waals surface area (Å²) in [6, 6.07) is 1.80. The van der Waals surface area contributed by atoms with Crippen LogP contribution in [-0.2, 0) is 0 Å². The van der Waals surface area contributed by atoms with Crippen LogP contribution in [0, 0.1) is 0 Å². The molecule has 4 nitrogen and oxygen atoms in total. The SMILES string of the molecule is CSc1nc(N)cc(NCC2CCCCS2)n1. The van der Waals surface area contributed by atoms with Crippen LogP contribution in [0.15, 0.2) is 11.2 Å². The number of hydrogen-bond acceptors (Lipinski definition) is 6. The fourth-order valence-electron chi connectivity index (χ4n) is 1.81. The summed E-state index contributed by atoms with van der Waals surface area (Å²) in [7, 11) is 0. The Bertz CT molecular complexity index is 366. The third-order valence-electron chi connectivity index (χ3n) is 2.69. The van der Waals surface area contributed by atoms with E-state index in [0.717, 1.165) is 17.5 Å². The Morgan fingerprint density at radius 3 is 3.12 bits per heavy atom. The lowest BCUT2D eigenvalue weighted by Gasteiger charge is -2.21. The van der Waals surface area contributed by atoms with Crippen LogP contribution >= 0.6 is 23.5 Å². The second-order valence-electron chi connectivity index (χ2n) is 4.03. The average molecular weight is 270 g/mol. The van der Waals surface area contributed by atoms with E-state index in [1.54, 1.807) is 6.07 Å². The maximum Gasteiger partial charge on any atom is 0.191 e. The number of rotatable bonds is 4. The van der Waals surface area contributed by atoms with Gasteiger partial charge in [-0.05, 0) is 24.9 Å². The molecule has 0 aromatic carbocycles. The molecule has 1 atom stereocenters. The number of hydrogen-bond donors (Lipinski definition) is 2. The third kappa shape index (κ3) is 3.96. The predicted molar refractivity (Wildman–Crippen MR) is 76.8 cm³/mol. The molecule has 0 amide bonds. The first kappa shape index (κ1) is 12.8. The van der Waals surface area contributed by atoms with E-state index in [2.05, 4.69) is 27.0 Å². The lowest BCUT2D eigenvalue weighted by atomic mass is 10.2. The molecule has 1 unspecified atom stereocenters. The molecular formula is C11H18N4S2. The first-order valence-corrected chi connectivity index (χ1v) is 8.09. The van der Waals surface area contributed by atoms with Gasteiger partial charge in [0, 0.05) is 17.9 Å². The molecule has 2 rings (SSSR count). The Balaban J connectivity index is 1.91. The van der Waals surface area contributed by atoms with E-state index in [0.29, 0.717) is 11.1 Å². The van der Waals surface area contributed by atoms with Gasteiger partial charge in [-0.3, -0.25) is 0 Å². The van der Waals surface area contributed by atoms with Gasteiger partial charge in [0.25, 0.3) is 0 Å². The van der Waals surface area contributed by atoms with Crippen LogP contribution in [0.25, 0.3) is 0 Å². The van der Waals surface area contributed by atoms with Crippen LogP contribution < -0.4 is 11.1 Å². The predicted octanol–water partition coefficient (Wildman–Crippen LogP) is 2.48. The van der Waals surface area contributed by atoms with E-state index < -0.39 is 0 Å². The molecule has 6 heteroatoms. The number of nitrogens with one attached hydrogen (secondary N) is 1. The zero-order valence-corrected chi connectivity index (χ0v) is 11.6. The summed E-state index contributed by atoms with van der Waals surface area (Å²) in [5, 5.41) is 4.80. The number of anilines is 2. The zero-order valence-electron chi connectivity index (χ0n) is 9.98. The Labute approximate surface area is 111 Å². The number of nitrogens with zero attached hydrogens (tertiary/aromatic N) is 2. The molecule has 3 N–H and O–H groups in total. The van der Waals surface area contributed by atoms with Crippen molar-refractivity contribution in [1.29, 1.82) is 0 Å². The molecule has 94 valence electrons. The van der Waals surface area contributed by atoms with Crippen LogP contribution in [0.2, 0.25) is 0 Å². The van der Waals surface area contributed by atoms with E-state index in [9.17, 15) is 0 Å². The van der Waals surface area contributed by atoms with Crippen LogP contribution in [-0.4, -0.2) is 33.8 Å². The summed E-state index contributed by atoms with van der Waals surface area (Å²) in [4.78, 5) is 8.52. The summed E-state index contributed by atoms with van der Waals surface area (Å²) in [5.41, 5.74) is 5.73. The van der Waals surface area contributed by atoms with Crippen LogP contribution in [0.4, 0.5) is 11.6 Å². The van der Waals surface area contributed by atoms with E-state index in [-0.39, 0.29) is 0 Å². The van der Waals surface area contributed by atoms with Crippen LogP contribution in [0.1, 0.15) is 19.3 Å². The first-order valence-electron chi connectivity index (χ1n) is 5.82. The van der Waals surface area contributed by atoms with Crippen molar-refractivity contribution >= 4 is 35.2 Å². The summed E-state index contributed by atoms with van der Waals surface area (Å²) in [6.45, 7) is 0.967. The van der Waals surface area contributed by atoms with E-state index in [4.69, 9.17) is 5.73 Å². The fraction of sp³-hybridized carbons (Fsp3) is 0.636. The highest BCUT2D eigenvalue weighted by Crippen LogP contribution is 2.25. The average Bonchev–Trinajstić information content (AvgIpc) is 2.37. The highest BCUT2D eigenvalue weighted by Gasteiger charge is 2.13. The molecule has 1 aliphatic rings. The van der Waals surface area contributed by atoms with Gasteiger partial charge < -0.3 is 11.1 Å². The zero-order chi connectivity index (χ0) is 12.1. The standard InChI is InChI=1S/C11H18N4S2/c1-16-11-14-9(12)6-10(15-11)13-7-8-4-2-3-5-17-8/h6,8H,2-5,7H2,1H3,(H3,12,13,14,15). The van der Waals surface area contributed by atoms with Crippen LogP contribution in [0.5, 0.6) is 0 Å². The summed E-state index contributed by atoms with van der Waals surface area (Å²) >= 11 is 3.57. The Morgan fingerprint density at radius 2 is 2.41 bits per heavy atom. The van der Waals surface area contributed by atoms with Crippen molar-refractivity contribution in [3.8, 4) is 0 Å². The number of nitrogens with two attached hydrogens (primary N) is 1. The minimum atomic E-state index is 0.531. The molecule has 1 aliphatic heterocycles. The van der Waals surface area contributed by atoms with Gasteiger partial charge in [0.15, 0.2) is 5.16 Å². The van der Waals surface area contributed by atoms with Crippen molar-refractivity contribution < 1.29 is 0 Å². The Hall–Kier alpha value is -0.620. The molecule has 0 spiro atoms. The molecule has 1 aromatic heterocycles. The monoisotopic (exact) mass is 270 g/mol. The molecule has 0 saturated carbocycles. The third-order valence-corrected chi connectivity index (χ3v) is 4.64. The summed E-state index contributed by atoms with van der Waals surface area (Å²) < 4.78 is 0. The molecule has 1 fully saturated rings. The van der Waals surface area contributed by atoms with E-state index in [1.165, 1.54) is 36.8 Å². The van der Waals surface area contributed by atoms with Gasteiger partial charge >= 0.3 is 0 Å². The minimum Gasteiger partial charge on any atom is -0.383 e. The van der Waals surface area contributed by atoms with Gasteiger partial charge in [-0.25, -0.2) is 9.97 Å². The number of aromatic nitrogens is 2. The quantitative estimate of drug-likeness (QED) is 0.647. The highest BCUT2D eigenvalue weighted by atomic mass is 32.2. The van der Waals surface area contributed by atoms with Crippen molar-refractivity contribution in [2.75, 3.05) is 29.6 Å². The van der Waals surface area contributed by atoms with Crippen molar-refractivity contribution in [3.63, 3.8) is 0 Å². The van der Waals surface area contributed by atoms with Gasteiger partial charge in [-0.2, -0.15) is 11.8 Å². The largest absolute Gasteiger partial charge is 0.383 e. The van der Waals surface area contributed by atoms with Crippen molar-refractivity contribution in [2.45, 2.75) is 29.7 Å². The number of thioether (sulfide) groups is 2. The van der Waals surface area contributed by atoms with Crippen LogP contribution in [0.3, 0.4) is 0 Å².